The van der Waals surface area contributed by atoms with Gasteiger partial charge in [-0.15, -0.1) is 0 Å². The number of hydrogen-bond acceptors (Lipinski definition) is 7. The van der Waals surface area contributed by atoms with Gasteiger partial charge in [0, 0.05) is 12.8 Å². The topological polar surface area (TPSA) is 168 Å². The molecule has 1 atom stereocenters. The van der Waals surface area contributed by atoms with Gasteiger partial charge in [-0.05, 0) is 64.4 Å². The van der Waals surface area contributed by atoms with E-state index in [2.05, 4.69) is 0 Å². The number of ether oxygens (including phenoxy) is 2. The molecule has 0 saturated heterocycles. The monoisotopic (exact) mass is 482 g/mol. The number of rotatable bonds is 11. The van der Waals surface area contributed by atoms with E-state index in [0.717, 1.165) is 5.56 Å². The molecule has 0 bridgehead atoms. The summed E-state index contributed by atoms with van der Waals surface area (Å²) in [5.41, 5.74) is 1.30. The second kappa shape index (κ2) is 11.0. The molecule has 0 aromatic heterocycles. The van der Waals surface area contributed by atoms with E-state index in [-0.39, 0.29) is 30.8 Å². The zero-order valence-corrected chi connectivity index (χ0v) is 18.3. The van der Waals surface area contributed by atoms with Gasteiger partial charge in [-0.25, -0.2) is 9.59 Å². The third-order valence-electron chi connectivity index (χ3n) is 5.07. The number of esters is 1. The first kappa shape index (κ1) is 25.0. The van der Waals surface area contributed by atoms with Crippen molar-refractivity contribution >= 4 is 34.6 Å². The summed E-state index contributed by atoms with van der Waals surface area (Å²) in [6.07, 6.45) is -2.62. The maximum atomic E-state index is 12.2. The minimum atomic E-state index is -1.57. The Morgan fingerprint density at radius 1 is 0.857 bits per heavy atom. The molecule has 10 nitrogen and oxygen atoms in total. The first-order valence-corrected chi connectivity index (χ1v) is 10.5. The Morgan fingerprint density at radius 3 is 2.20 bits per heavy atom. The molecule has 0 saturated carbocycles. The molecular weight excluding hydrogens is 460 g/mol. The molecule has 35 heavy (non-hydrogen) atoms. The maximum Gasteiger partial charge on any atom is 0.345 e. The van der Waals surface area contributed by atoms with E-state index in [1.165, 1.54) is 30.3 Å². The SMILES string of the molecule is O=C(O)CCC(OC(=O)c1ccc(OCc2ccc3cc(O)cc(CC(=O)O)c3c2)cc1)C(=O)O. The predicted octanol–water partition coefficient (Wildman–Crippen LogP) is 3.23. The summed E-state index contributed by atoms with van der Waals surface area (Å²) in [7, 11) is 0. The third-order valence-corrected chi connectivity index (χ3v) is 5.07. The number of carbonyl (C=O) groups excluding carboxylic acids is 1. The lowest BCUT2D eigenvalue weighted by atomic mass is 9.99. The Morgan fingerprint density at radius 2 is 1.57 bits per heavy atom. The van der Waals surface area contributed by atoms with Gasteiger partial charge in [0.2, 0.25) is 0 Å². The van der Waals surface area contributed by atoms with Crippen LogP contribution in [0.4, 0.5) is 0 Å². The van der Waals surface area contributed by atoms with Gasteiger partial charge in [0.15, 0.2) is 6.10 Å². The van der Waals surface area contributed by atoms with Gasteiger partial charge >= 0.3 is 23.9 Å². The molecule has 0 aliphatic rings. The van der Waals surface area contributed by atoms with Crippen molar-refractivity contribution in [1.82, 2.24) is 0 Å². The lowest BCUT2D eigenvalue weighted by Crippen LogP contribution is -2.27. The molecule has 0 amide bonds. The summed E-state index contributed by atoms with van der Waals surface area (Å²) in [4.78, 5) is 45.2. The summed E-state index contributed by atoms with van der Waals surface area (Å²) in [5, 5.41) is 38.1. The lowest BCUT2D eigenvalue weighted by Gasteiger charge is -2.13. The summed E-state index contributed by atoms with van der Waals surface area (Å²) in [5.74, 6) is -4.16. The summed E-state index contributed by atoms with van der Waals surface area (Å²) in [6, 6.07) is 14.0. The van der Waals surface area contributed by atoms with Crippen molar-refractivity contribution in [3.8, 4) is 11.5 Å². The van der Waals surface area contributed by atoms with Crippen LogP contribution in [0.2, 0.25) is 0 Å². The zero-order chi connectivity index (χ0) is 25.5. The predicted molar refractivity (Wildman–Crippen MR) is 121 cm³/mol. The van der Waals surface area contributed by atoms with E-state index in [4.69, 9.17) is 24.8 Å². The Bertz CT molecular complexity index is 1260. The van der Waals surface area contributed by atoms with E-state index >= 15 is 0 Å². The molecule has 182 valence electrons. The largest absolute Gasteiger partial charge is 0.508 e. The molecular formula is C25H22O10. The molecule has 3 aromatic rings. The molecule has 10 heteroatoms. The van der Waals surface area contributed by atoms with Crippen molar-refractivity contribution in [2.75, 3.05) is 0 Å². The number of hydrogen-bond donors (Lipinski definition) is 4. The van der Waals surface area contributed by atoms with Crippen molar-refractivity contribution in [2.45, 2.75) is 32.0 Å². The number of benzene rings is 3. The van der Waals surface area contributed by atoms with Crippen LogP contribution >= 0.6 is 0 Å². The Labute approximate surface area is 199 Å². The van der Waals surface area contributed by atoms with Gasteiger partial charge in [-0.1, -0.05) is 12.1 Å². The fraction of sp³-hybridized carbons (Fsp3) is 0.200. The number of phenolic OH excluding ortho intramolecular Hbond substituents is 1. The van der Waals surface area contributed by atoms with Crippen molar-refractivity contribution in [3.63, 3.8) is 0 Å². The molecule has 0 heterocycles. The minimum Gasteiger partial charge on any atom is -0.508 e. The van der Waals surface area contributed by atoms with Crippen LogP contribution in [-0.4, -0.2) is 50.4 Å². The van der Waals surface area contributed by atoms with Crippen LogP contribution in [0.25, 0.3) is 10.8 Å². The number of fused-ring (bicyclic) bond motifs is 1. The highest BCUT2D eigenvalue weighted by Crippen LogP contribution is 2.27. The molecule has 3 aromatic carbocycles. The van der Waals surface area contributed by atoms with Crippen molar-refractivity contribution in [1.29, 1.82) is 0 Å². The van der Waals surface area contributed by atoms with Gasteiger partial charge in [-0.3, -0.25) is 9.59 Å². The normalized spacial score (nSPS) is 11.5. The van der Waals surface area contributed by atoms with Crippen LogP contribution in [0.5, 0.6) is 11.5 Å². The number of phenols is 1. The quantitative estimate of drug-likeness (QED) is 0.298. The van der Waals surface area contributed by atoms with Crippen molar-refractivity contribution in [2.24, 2.45) is 0 Å². The summed E-state index contributed by atoms with van der Waals surface area (Å²) >= 11 is 0. The van der Waals surface area contributed by atoms with Gasteiger partial charge in [0.05, 0.1) is 12.0 Å². The van der Waals surface area contributed by atoms with Crippen LogP contribution in [0, 0.1) is 0 Å². The Balaban J connectivity index is 1.66. The zero-order valence-electron chi connectivity index (χ0n) is 18.3. The van der Waals surface area contributed by atoms with Crippen LogP contribution < -0.4 is 4.74 Å². The van der Waals surface area contributed by atoms with Crippen LogP contribution in [0.1, 0.15) is 34.3 Å². The highest BCUT2D eigenvalue weighted by molar-refractivity contribution is 5.92. The Hall–Kier alpha value is -4.60. The van der Waals surface area contributed by atoms with Crippen LogP contribution in [0.3, 0.4) is 0 Å². The average molecular weight is 482 g/mol. The summed E-state index contributed by atoms with van der Waals surface area (Å²) in [6.45, 7) is 0.142. The third kappa shape index (κ3) is 6.94. The van der Waals surface area contributed by atoms with E-state index in [0.29, 0.717) is 22.1 Å². The van der Waals surface area contributed by atoms with Crippen LogP contribution in [-0.2, 0) is 32.1 Å². The number of aromatic hydroxyl groups is 1. The van der Waals surface area contributed by atoms with Crippen LogP contribution in [0.15, 0.2) is 54.6 Å². The first-order chi connectivity index (χ1) is 16.6. The van der Waals surface area contributed by atoms with Crippen molar-refractivity contribution < 1.29 is 49.1 Å². The van der Waals surface area contributed by atoms with Gasteiger partial charge < -0.3 is 29.9 Å². The molecule has 0 aliphatic heterocycles. The number of aliphatic carboxylic acids is 3. The second-order valence-electron chi connectivity index (χ2n) is 7.71. The Kier molecular flexibility index (Phi) is 7.88. The smallest absolute Gasteiger partial charge is 0.345 e. The van der Waals surface area contributed by atoms with E-state index in [1.54, 1.807) is 24.3 Å². The van der Waals surface area contributed by atoms with E-state index in [1.807, 2.05) is 0 Å². The van der Waals surface area contributed by atoms with Gasteiger partial charge in [-0.2, -0.15) is 0 Å². The molecule has 0 fully saturated rings. The molecule has 3 rings (SSSR count). The fourth-order valence-electron chi connectivity index (χ4n) is 3.40. The van der Waals surface area contributed by atoms with E-state index < -0.39 is 36.4 Å². The molecule has 1 unspecified atom stereocenters. The second-order valence-corrected chi connectivity index (χ2v) is 7.71. The summed E-state index contributed by atoms with van der Waals surface area (Å²) < 4.78 is 10.6. The molecule has 0 spiro atoms. The standard InChI is InChI=1S/C25H22O10/c26-18-10-16-2-1-14(9-20(16)17(11-18)12-23(29)30)13-34-19-5-3-15(4-6-19)25(33)35-21(24(31)32)7-8-22(27)28/h1-6,9-11,21,26H,7-8,12-13H2,(H,27,28)(H,29,30)(H,31,32). The maximum absolute atomic E-state index is 12.2. The number of carbonyl (C=O) groups is 4. The number of carboxylic acids is 3. The van der Waals surface area contributed by atoms with Crippen molar-refractivity contribution in [3.05, 3.63) is 71.3 Å². The highest BCUT2D eigenvalue weighted by Gasteiger charge is 2.24. The first-order valence-electron chi connectivity index (χ1n) is 10.5. The number of carboxylic acid groups (broad SMARTS) is 3. The lowest BCUT2D eigenvalue weighted by molar-refractivity contribution is -0.148. The van der Waals surface area contributed by atoms with Gasteiger partial charge in [0.1, 0.15) is 18.1 Å². The highest BCUT2D eigenvalue weighted by atomic mass is 16.6. The minimum absolute atomic E-state index is 0.0204. The fourth-order valence-corrected chi connectivity index (χ4v) is 3.40. The van der Waals surface area contributed by atoms with E-state index in [9.17, 15) is 24.3 Å². The molecule has 0 aliphatic carbocycles. The average Bonchev–Trinajstić information content (AvgIpc) is 2.80. The molecule has 0 radical (unpaired) electrons. The van der Waals surface area contributed by atoms with Gasteiger partial charge in [0.25, 0.3) is 0 Å². The molecule has 4 N–H and O–H groups in total.